The third-order valence-electron chi connectivity index (χ3n) is 3.28. The number of rotatable bonds is 2. The number of carbonyl (C=O) groups is 2. The molecule has 1 fully saturated rings. The summed E-state index contributed by atoms with van der Waals surface area (Å²) in [5.74, 6) is -0.243. The van der Waals surface area contributed by atoms with Gasteiger partial charge in [0, 0.05) is 29.4 Å². The number of carbonyl (C=O) groups excluding carboxylic acids is 2. The van der Waals surface area contributed by atoms with Gasteiger partial charge in [-0.1, -0.05) is 17.7 Å². The van der Waals surface area contributed by atoms with Gasteiger partial charge in [-0.05, 0) is 23.8 Å². The summed E-state index contributed by atoms with van der Waals surface area (Å²) in [4.78, 5) is 28.9. The molecule has 0 bridgehead atoms. The van der Waals surface area contributed by atoms with Crippen LogP contribution in [0.15, 0.2) is 30.5 Å². The molecule has 0 unspecified atom stereocenters. The van der Waals surface area contributed by atoms with Crippen LogP contribution in [0.4, 0.5) is 0 Å². The molecule has 1 aromatic carbocycles. The lowest BCUT2D eigenvalue weighted by atomic mass is 10.1. The molecule has 1 aliphatic heterocycles. The maximum absolute atomic E-state index is 11.7. The van der Waals surface area contributed by atoms with E-state index in [9.17, 15) is 9.59 Å². The monoisotopic (exact) mass is 274 g/mol. The lowest BCUT2D eigenvalue weighted by Gasteiger charge is -2.15. The first-order valence-electron chi connectivity index (χ1n) is 6.02. The van der Waals surface area contributed by atoms with E-state index in [-0.39, 0.29) is 18.4 Å². The van der Waals surface area contributed by atoms with Crippen molar-refractivity contribution in [3.05, 3.63) is 41.0 Å². The van der Waals surface area contributed by atoms with Gasteiger partial charge in [0.25, 0.3) is 0 Å². The highest BCUT2D eigenvalue weighted by molar-refractivity contribution is 6.35. The molecule has 0 N–H and O–H groups in total. The van der Waals surface area contributed by atoms with Crippen LogP contribution in [0, 0.1) is 0 Å². The minimum atomic E-state index is -0.121. The van der Waals surface area contributed by atoms with E-state index in [4.69, 9.17) is 11.6 Å². The Morgan fingerprint density at radius 2 is 1.89 bits per heavy atom. The molecule has 1 aromatic heterocycles. The molecular formula is C14H11ClN2O2. The fraction of sp³-hybridized carbons (Fsp3) is 0.214. The number of halogens is 1. The number of pyridine rings is 1. The molecule has 0 saturated carbocycles. The molecular weight excluding hydrogens is 264 g/mol. The average molecular weight is 275 g/mol. The first-order chi connectivity index (χ1) is 9.16. The van der Waals surface area contributed by atoms with E-state index in [2.05, 4.69) is 4.98 Å². The maximum atomic E-state index is 11.7. The van der Waals surface area contributed by atoms with E-state index in [0.29, 0.717) is 17.9 Å². The van der Waals surface area contributed by atoms with E-state index in [1.807, 2.05) is 18.2 Å². The van der Waals surface area contributed by atoms with Gasteiger partial charge in [-0.3, -0.25) is 19.5 Å². The second kappa shape index (κ2) is 4.63. The van der Waals surface area contributed by atoms with Crippen LogP contribution in [-0.2, 0) is 16.1 Å². The Kier molecular flexibility index (Phi) is 2.95. The summed E-state index contributed by atoms with van der Waals surface area (Å²) in [6.07, 6.45) is 2.28. The zero-order valence-electron chi connectivity index (χ0n) is 10.1. The van der Waals surface area contributed by atoms with Crippen molar-refractivity contribution in [3.8, 4) is 0 Å². The van der Waals surface area contributed by atoms with Crippen LogP contribution >= 0.6 is 11.6 Å². The second-order valence-corrected chi connectivity index (χ2v) is 4.89. The Labute approximate surface area is 115 Å². The van der Waals surface area contributed by atoms with Gasteiger partial charge in [0.2, 0.25) is 11.8 Å². The quantitative estimate of drug-likeness (QED) is 0.791. The molecule has 1 saturated heterocycles. The van der Waals surface area contributed by atoms with E-state index in [1.54, 1.807) is 12.3 Å². The zero-order valence-corrected chi connectivity index (χ0v) is 10.9. The molecule has 3 rings (SSSR count). The van der Waals surface area contributed by atoms with Crippen LogP contribution < -0.4 is 0 Å². The summed E-state index contributed by atoms with van der Waals surface area (Å²) in [6.45, 7) is 0.266. The number of hydrogen-bond donors (Lipinski definition) is 0. The summed E-state index contributed by atoms with van der Waals surface area (Å²) in [7, 11) is 0. The van der Waals surface area contributed by atoms with Crippen LogP contribution in [0.3, 0.4) is 0 Å². The number of nitrogens with zero attached hydrogens (tertiary/aromatic N) is 2. The van der Waals surface area contributed by atoms with Crippen LogP contribution in [0.2, 0.25) is 5.02 Å². The van der Waals surface area contributed by atoms with Crippen LogP contribution in [0.5, 0.6) is 0 Å². The number of likely N-dealkylation sites (tertiary alicyclic amines) is 1. The molecule has 96 valence electrons. The summed E-state index contributed by atoms with van der Waals surface area (Å²) in [5, 5.41) is 1.45. The van der Waals surface area contributed by atoms with E-state index in [1.165, 1.54) is 4.90 Å². The van der Waals surface area contributed by atoms with Gasteiger partial charge >= 0.3 is 0 Å². The number of benzene rings is 1. The van der Waals surface area contributed by atoms with Crippen molar-refractivity contribution in [1.82, 2.24) is 9.88 Å². The number of aromatic nitrogens is 1. The zero-order chi connectivity index (χ0) is 13.4. The van der Waals surface area contributed by atoms with Crippen molar-refractivity contribution in [2.24, 2.45) is 0 Å². The smallest absolute Gasteiger partial charge is 0.229 e. The lowest BCUT2D eigenvalue weighted by Crippen LogP contribution is -2.28. The van der Waals surface area contributed by atoms with Gasteiger partial charge in [0.05, 0.1) is 12.1 Å². The van der Waals surface area contributed by atoms with Crippen molar-refractivity contribution in [1.29, 1.82) is 0 Å². The first-order valence-corrected chi connectivity index (χ1v) is 6.40. The highest BCUT2D eigenvalue weighted by Crippen LogP contribution is 2.26. The topological polar surface area (TPSA) is 50.3 Å². The van der Waals surface area contributed by atoms with E-state index >= 15 is 0 Å². The normalized spacial score (nSPS) is 15.5. The van der Waals surface area contributed by atoms with Gasteiger partial charge in [0.15, 0.2) is 0 Å². The summed E-state index contributed by atoms with van der Waals surface area (Å²) in [6, 6.07) is 7.27. The van der Waals surface area contributed by atoms with Crippen molar-refractivity contribution in [2.45, 2.75) is 19.4 Å². The third-order valence-corrected chi connectivity index (χ3v) is 3.61. The molecule has 0 spiro atoms. The molecule has 5 heteroatoms. The van der Waals surface area contributed by atoms with Gasteiger partial charge in [-0.25, -0.2) is 0 Å². The molecule has 19 heavy (non-hydrogen) atoms. The Hall–Kier alpha value is -1.94. The predicted molar refractivity (Wildman–Crippen MR) is 71.5 cm³/mol. The van der Waals surface area contributed by atoms with Crippen molar-refractivity contribution < 1.29 is 9.59 Å². The highest BCUT2D eigenvalue weighted by atomic mass is 35.5. The van der Waals surface area contributed by atoms with Gasteiger partial charge in [-0.15, -0.1) is 0 Å². The first kappa shape index (κ1) is 12.1. The number of amides is 2. The molecule has 4 nitrogen and oxygen atoms in total. The third kappa shape index (κ3) is 2.08. The van der Waals surface area contributed by atoms with E-state index < -0.39 is 0 Å². The molecule has 2 aromatic rings. The van der Waals surface area contributed by atoms with Crippen molar-refractivity contribution >= 4 is 34.3 Å². The molecule has 0 atom stereocenters. The van der Waals surface area contributed by atoms with Crippen LogP contribution in [-0.4, -0.2) is 21.7 Å². The Morgan fingerprint density at radius 3 is 2.63 bits per heavy atom. The minimum Gasteiger partial charge on any atom is -0.278 e. The molecule has 2 amide bonds. The number of imide groups is 1. The van der Waals surface area contributed by atoms with Gasteiger partial charge in [-0.2, -0.15) is 0 Å². The minimum absolute atomic E-state index is 0.121. The summed E-state index contributed by atoms with van der Waals surface area (Å²) < 4.78 is 0. The predicted octanol–water partition coefficient (Wildman–Crippen LogP) is 2.54. The fourth-order valence-corrected chi connectivity index (χ4v) is 2.51. The number of fused-ring (bicyclic) bond motifs is 1. The summed E-state index contributed by atoms with van der Waals surface area (Å²) >= 11 is 6.12. The van der Waals surface area contributed by atoms with Crippen LogP contribution in [0.25, 0.3) is 10.9 Å². The Bertz CT molecular complexity index is 668. The maximum Gasteiger partial charge on any atom is 0.229 e. The molecule has 0 aliphatic carbocycles. The number of hydrogen-bond acceptors (Lipinski definition) is 3. The SMILES string of the molecule is O=C1CCC(=O)N1Cc1ccc(Cl)c2cccnc12. The Balaban J connectivity index is 2.04. The average Bonchev–Trinajstić information content (AvgIpc) is 2.74. The molecule has 0 radical (unpaired) electrons. The van der Waals surface area contributed by atoms with Gasteiger partial charge in [0.1, 0.15) is 0 Å². The van der Waals surface area contributed by atoms with Crippen molar-refractivity contribution in [3.63, 3.8) is 0 Å². The van der Waals surface area contributed by atoms with Crippen molar-refractivity contribution in [2.75, 3.05) is 0 Å². The van der Waals surface area contributed by atoms with Gasteiger partial charge < -0.3 is 0 Å². The summed E-state index contributed by atoms with van der Waals surface area (Å²) in [5.41, 5.74) is 1.58. The molecule has 2 heterocycles. The largest absolute Gasteiger partial charge is 0.278 e. The fourth-order valence-electron chi connectivity index (χ4n) is 2.29. The highest BCUT2D eigenvalue weighted by Gasteiger charge is 2.29. The van der Waals surface area contributed by atoms with E-state index in [0.717, 1.165) is 16.5 Å². The second-order valence-electron chi connectivity index (χ2n) is 4.48. The lowest BCUT2D eigenvalue weighted by molar-refractivity contribution is -0.139. The van der Waals surface area contributed by atoms with Crippen LogP contribution in [0.1, 0.15) is 18.4 Å². The molecule has 1 aliphatic rings. The Morgan fingerprint density at radius 1 is 1.16 bits per heavy atom. The standard InChI is InChI=1S/C14H11ClN2O2/c15-11-4-3-9(14-10(11)2-1-7-16-14)8-17-12(18)5-6-13(17)19/h1-4,7H,5-6,8H2.